The number of esters is 2. The first kappa shape index (κ1) is 17.5. The highest BCUT2D eigenvalue weighted by molar-refractivity contribution is 6.00. The molecular formula is C18H18FNO4. The van der Waals surface area contributed by atoms with Gasteiger partial charge in [-0.3, -0.25) is 9.59 Å². The van der Waals surface area contributed by atoms with Crippen LogP contribution in [0.25, 0.3) is 0 Å². The van der Waals surface area contributed by atoms with Crippen molar-refractivity contribution in [1.82, 2.24) is 0 Å². The van der Waals surface area contributed by atoms with E-state index in [-0.39, 0.29) is 24.5 Å². The fraction of sp³-hybridized carbons (Fsp3) is 0.222. The van der Waals surface area contributed by atoms with Gasteiger partial charge in [0.2, 0.25) is 0 Å². The number of hydrogen-bond donors (Lipinski definition) is 1. The van der Waals surface area contributed by atoms with Gasteiger partial charge in [-0.15, -0.1) is 0 Å². The molecule has 0 amide bonds. The molecule has 0 saturated carbocycles. The maximum Gasteiger partial charge on any atom is 0.325 e. The molecule has 1 atom stereocenters. The van der Waals surface area contributed by atoms with Crippen molar-refractivity contribution in [1.29, 1.82) is 0 Å². The normalized spacial score (nSPS) is 11.6. The van der Waals surface area contributed by atoms with E-state index >= 15 is 0 Å². The lowest BCUT2D eigenvalue weighted by atomic mass is 9.98. The number of halogens is 1. The van der Waals surface area contributed by atoms with Crippen LogP contribution in [-0.2, 0) is 25.7 Å². The fourth-order valence-corrected chi connectivity index (χ4v) is 2.13. The van der Waals surface area contributed by atoms with E-state index in [1.807, 2.05) is 6.07 Å². The molecule has 0 saturated heterocycles. The summed E-state index contributed by atoms with van der Waals surface area (Å²) in [6.45, 7) is 1.72. The number of rotatable bonds is 6. The number of hydrogen-bond acceptors (Lipinski definition) is 5. The zero-order valence-corrected chi connectivity index (χ0v) is 13.2. The minimum atomic E-state index is -1.36. The lowest BCUT2D eigenvalue weighted by Gasteiger charge is -2.16. The van der Waals surface area contributed by atoms with Gasteiger partial charge in [0.25, 0.3) is 0 Å². The van der Waals surface area contributed by atoms with Gasteiger partial charge in [0.15, 0.2) is 5.92 Å². The number of nitrogen functional groups attached to an aromatic ring is 1. The molecule has 126 valence electrons. The van der Waals surface area contributed by atoms with Crippen molar-refractivity contribution in [3.8, 4) is 0 Å². The largest absolute Gasteiger partial charge is 0.465 e. The van der Waals surface area contributed by atoms with E-state index in [1.54, 1.807) is 31.2 Å². The molecular weight excluding hydrogens is 313 g/mol. The van der Waals surface area contributed by atoms with Gasteiger partial charge in [-0.05, 0) is 30.2 Å². The zero-order valence-electron chi connectivity index (χ0n) is 13.2. The summed E-state index contributed by atoms with van der Waals surface area (Å²) in [6.07, 6.45) is 0. The van der Waals surface area contributed by atoms with Gasteiger partial charge in [0.1, 0.15) is 12.4 Å². The molecule has 2 aromatic carbocycles. The van der Waals surface area contributed by atoms with Crippen molar-refractivity contribution in [2.24, 2.45) is 0 Å². The summed E-state index contributed by atoms with van der Waals surface area (Å²) in [4.78, 5) is 24.5. The van der Waals surface area contributed by atoms with Gasteiger partial charge < -0.3 is 15.2 Å². The highest BCUT2D eigenvalue weighted by Crippen LogP contribution is 2.23. The topological polar surface area (TPSA) is 78.6 Å². The monoisotopic (exact) mass is 331 g/mol. The van der Waals surface area contributed by atoms with E-state index in [1.165, 1.54) is 12.1 Å². The first-order chi connectivity index (χ1) is 11.5. The minimum absolute atomic E-state index is 0.00698. The fourth-order valence-electron chi connectivity index (χ4n) is 2.13. The lowest BCUT2D eigenvalue weighted by Crippen LogP contribution is -2.26. The van der Waals surface area contributed by atoms with E-state index in [9.17, 15) is 14.0 Å². The molecule has 1 unspecified atom stereocenters. The summed E-state index contributed by atoms with van der Waals surface area (Å²) in [5.41, 5.74) is 6.27. The van der Waals surface area contributed by atoms with Gasteiger partial charge in [-0.2, -0.15) is 0 Å². The molecule has 5 nitrogen and oxygen atoms in total. The average Bonchev–Trinajstić information content (AvgIpc) is 2.57. The molecule has 2 N–H and O–H groups in total. The first-order valence-electron chi connectivity index (χ1n) is 7.45. The quantitative estimate of drug-likeness (QED) is 0.500. The summed E-state index contributed by atoms with van der Waals surface area (Å²) < 4.78 is 23.8. The Balaban J connectivity index is 2.20. The molecule has 6 heteroatoms. The number of benzene rings is 2. The van der Waals surface area contributed by atoms with Gasteiger partial charge >= 0.3 is 11.9 Å². The van der Waals surface area contributed by atoms with Gasteiger partial charge in [0, 0.05) is 0 Å². The second-order valence-electron chi connectivity index (χ2n) is 5.06. The Bertz CT molecular complexity index is 718. The van der Waals surface area contributed by atoms with Crippen molar-refractivity contribution in [3.05, 3.63) is 65.5 Å². The predicted molar refractivity (Wildman–Crippen MR) is 86.4 cm³/mol. The highest BCUT2D eigenvalue weighted by Gasteiger charge is 2.32. The van der Waals surface area contributed by atoms with Gasteiger partial charge in [0.05, 0.1) is 12.3 Å². The standard InChI is InChI=1S/C18H18FNO4/c1-2-23-17(21)16(13-8-9-15(20)14(19)10-13)18(22)24-11-12-6-4-3-5-7-12/h3-10,16H,2,11,20H2,1H3. The molecule has 0 bridgehead atoms. The van der Waals surface area contributed by atoms with E-state index < -0.39 is 23.7 Å². The number of carbonyl (C=O) groups excluding carboxylic acids is 2. The molecule has 0 aliphatic carbocycles. The average molecular weight is 331 g/mol. The molecule has 2 aromatic rings. The van der Waals surface area contributed by atoms with Crippen LogP contribution >= 0.6 is 0 Å². The van der Waals surface area contributed by atoms with Crippen molar-refractivity contribution in [2.45, 2.75) is 19.4 Å². The third-order valence-electron chi connectivity index (χ3n) is 3.34. The SMILES string of the molecule is CCOC(=O)C(C(=O)OCc1ccccc1)c1ccc(N)c(F)c1. The van der Waals surface area contributed by atoms with E-state index in [2.05, 4.69) is 0 Å². The lowest BCUT2D eigenvalue weighted by molar-refractivity contribution is -0.158. The van der Waals surface area contributed by atoms with Crippen LogP contribution in [0.3, 0.4) is 0 Å². The summed E-state index contributed by atoms with van der Waals surface area (Å²) in [6, 6.07) is 12.8. The predicted octanol–water partition coefficient (Wildman–Crippen LogP) is 2.80. The Morgan fingerprint density at radius 1 is 1.08 bits per heavy atom. The van der Waals surface area contributed by atoms with E-state index in [0.717, 1.165) is 11.6 Å². The van der Waals surface area contributed by atoms with Crippen LogP contribution in [0.5, 0.6) is 0 Å². The molecule has 0 fully saturated rings. The van der Waals surface area contributed by atoms with E-state index in [4.69, 9.17) is 15.2 Å². The molecule has 0 aliphatic rings. The van der Waals surface area contributed by atoms with Gasteiger partial charge in [-0.1, -0.05) is 36.4 Å². The first-order valence-corrected chi connectivity index (χ1v) is 7.45. The molecule has 0 spiro atoms. The Labute approximate surface area is 139 Å². The van der Waals surface area contributed by atoms with Crippen molar-refractivity contribution >= 4 is 17.6 Å². The summed E-state index contributed by atoms with van der Waals surface area (Å²) in [7, 11) is 0. The van der Waals surface area contributed by atoms with Crippen LogP contribution in [0.4, 0.5) is 10.1 Å². The second kappa shape index (κ2) is 8.10. The highest BCUT2D eigenvalue weighted by atomic mass is 19.1. The van der Waals surface area contributed by atoms with Gasteiger partial charge in [-0.25, -0.2) is 4.39 Å². The molecule has 0 aliphatic heterocycles. The van der Waals surface area contributed by atoms with Crippen LogP contribution < -0.4 is 5.73 Å². The van der Waals surface area contributed by atoms with E-state index in [0.29, 0.717) is 0 Å². The Hall–Kier alpha value is -2.89. The van der Waals surface area contributed by atoms with Crippen molar-refractivity contribution in [2.75, 3.05) is 12.3 Å². The molecule has 24 heavy (non-hydrogen) atoms. The number of nitrogens with two attached hydrogens (primary N) is 1. The van der Waals surface area contributed by atoms with Crippen LogP contribution in [0.2, 0.25) is 0 Å². The van der Waals surface area contributed by atoms with Crippen molar-refractivity contribution < 1.29 is 23.5 Å². The number of ether oxygens (including phenoxy) is 2. The summed E-state index contributed by atoms with van der Waals surface area (Å²) >= 11 is 0. The smallest absolute Gasteiger partial charge is 0.325 e. The second-order valence-corrected chi connectivity index (χ2v) is 5.06. The Morgan fingerprint density at radius 3 is 2.38 bits per heavy atom. The number of carbonyl (C=O) groups is 2. The molecule has 0 heterocycles. The molecule has 2 rings (SSSR count). The maximum absolute atomic E-state index is 13.7. The van der Waals surface area contributed by atoms with Crippen LogP contribution in [0.15, 0.2) is 48.5 Å². The summed E-state index contributed by atoms with van der Waals surface area (Å²) in [5, 5.41) is 0. The molecule has 0 radical (unpaired) electrons. The molecule has 0 aromatic heterocycles. The maximum atomic E-state index is 13.7. The Kier molecular flexibility index (Phi) is 5.89. The number of anilines is 1. The van der Waals surface area contributed by atoms with Crippen LogP contribution in [0.1, 0.15) is 24.0 Å². The third kappa shape index (κ3) is 4.32. The van der Waals surface area contributed by atoms with Crippen LogP contribution in [-0.4, -0.2) is 18.5 Å². The zero-order chi connectivity index (χ0) is 17.5. The van der Waals surface area contributed by atoms with Crippen LogP contribution in [0, 0.1) is 5.82 Å². The summed E-state index contributed by atoms with van der Waals surface area (Å²) in [5.74, 6) is -3.66. The third-order valence-corrected chi connectivity index (χ3v) is 3.34. The van der Waals surface area contributed by atoms with Crippen molar-refractivity contribution in [3.63, 3.8) is 0 Å². The Morgan fingerprint density at radius 2 is 1.75 bits per heavy atom. The minimum Gasteiger partial charge on any atom is -0.465 e.